The Hall–Kier alpha value is -1.24. The van der Waals surface area contributed by atoms with E-state index < -0.39 is 19.4 Å². The number of nitrogens with one attached hydrogen (secondary N) is 2. The second-order valence-electron chi connectivity index (χ2n) is 3.70. The Balaban J connectivity index is 2.81. The first-order valence-corrected chi connectivity index (χ1v) is 5.49. The van der Waals surface area contributed by atoms with Crippen LogP contribution in [0.25, 0.3) is 0 Å². The average molecular weight is 266 g/mol. The van der Waals surface area contributed by atoms with E-state index in [9.17, 15) is 8.78 Å². The summed E-state index contributed by atoms with van der Waals surface area (Å²) in [6, 6.07) is -0.861. The quantitative estimate of drug-likeness (QED) is 0.824. The zero-order valence-corrected chi connectivity index (χ0v) is 10.3. The van der Waals surface area contributed by atoms with Gasteiger partial charge in [-0.3, -0.25) is 0 Å². The molecule has 96 valence electrons. The van der Waals surface area contributed by atoms with Gasteiger partial charge in [0.05, 0.1) is 6.04 Å². The molecule has 0 fully saturated rings. The summed E-state index contributed by atoms with van der Waals surface area (Å²) in [7, 11) is 0. The van der Waals surface area contributed by atoms with Crippen molar-refractivity contribution in [1.29, 1.82) is 0 Å². The number of hydrogen-bond donors (Lipinski definition) is 2. The van der Waals surface area contributed by atoms with Crippen LogP contribution in [0.3, 0.4) is 0 Å². The number of hydrogen-bond acceptors (Lipinski definition) is 5. The Labute approximate surface area is 103 Å². The Morgan fingerprint density at radius 3 is 2.06 bits per heavy atom. The minimum absolute atomic E-state index is 0.0397. The third kappa shape index (κ3) is 4.64. The molecule has 8 heteroatoms. The lowest BCUT2D eigenvalue weighted by Gasteiger charge is -2.13. The van der Waals surface area contributed by atoms with E-state index in [4.69, 9.17) is 11.6 Å². The van der Waals surface area contributed by atoms with Crippen LogP contribution < -0.4 is 10.6 Å². The SMILES string of the molecule is CC(C)Nc1nc(Cl)nc(NC(CF)CF)n1. The van der Waals surface area contributed by atoms with Crippen LogP contribution in [0.15, 0.2) is 0 Å². The second kappa shape index (κ2) is 6.48. The molecule has 5 nitrogen and oxygen atoms in total. The molecule has 0 saturated carbocycles. The van der Waals surface area contributed by atoms with Crippen LogP contribution in [0, 0.1) is 0 Å². The summed E-state index contributed by atoms with van der Waals surface area (Å²) in [5, 5.41) is 5.38. The lowest BCUT2D eigenvalue weighted by Crippen LogP contribution is -2.26. The van der Waals surface area contributed by atoms with Gasteiger partial charge >= 0.3 is 0 Å². The van der Waals surface area contributed by atoms with Crippen LogP contribution in [-0.4, -0.2) is 40.4 Å². The highest BCUT2D eigenvalue weighted by atomic mass is 35.5. The van der Waals surface area contributed by atoms with Crippen molar-refractivity contribution in [3.63, 3.8) is 0 Å². The highest BCUT2D eigenvalue weighted by molar-refractivity contribution is 6.28. The molecular weight excluding hydrogens is 252 g/mol. The van der Waals surface area contributed by atoms with E-state index in [1.165, 1.54) is 0 Å². The molecule has 0 aromatic carbocycles. The molecule has 1 heterocycles. The molecule has 0 aliphatic heterocycles. The van der Waals surface area contributed by atoms with Crippen LogP contribution in [0.4, 0.5) is 20.7 Å². The summed E-state index contributed by atoms with van der Waals surface area (Å²) in [6.07, 6.45) is 0. The molecule has 0 spiro atoms. The molecule has 0 saturated heterocycles. The van der Waals surface area contributed by atoms with Gasteiger partial charge in [-0.25, -0.2) is 8.78 Å². The van der Waals surface area contributed by atoms with Crippen molar-refractivity contribution in [1.82, 2.24) is 15.0 Å². The van der Waals surface area contributed by atoms with E-state index in [0.717, 1.165) is 0 Å². The van der Waals surface area contributed by atoms with Gasteiger partial charge in [0.2, 0.25) is 17.2 Å². The lowest BCUT2D eigenvalue weighted by molar-refractivity contribution is 0.367. The summed E-state index contributed by atoms with van der Waals surface area (Å²) >= 11 is 5.67. The Morgan fingerprint density at radius 2 is 1.59 bits per heavy atom. The zero-order chi connectivity index (χ0) is 12.8. The molecule has 0 amide bonds. The number of nitrogens with zero attached hydrogens (tertiary/aromatic N) is 3. The van der Waals surface area contributed by atoms with E-state index >= 15 is 0 Å². The maximum Gasteiger partial charge on any atom is 0.229 e. The van der Waals surface area contributed by atoms with Gasteiger partial charge in [-0.05, 0) is 25.4 Å². The number of halogens is 3. The first kappa shape index (κ1) is 13.8. The summed E-state index contributed by atoms with van der Waals surface area (Å²) < 4.78 is 24.7. The number of rotatable bonds is 6. The van der Waals surface area contributed by atoms with E-state index in [-0.39, 0.29) is 23.2 Å². The Bertz CT molecular complexity index is 359. The first-order valence-electron chi connectivity index (χ1n) is 5.11. The van der Waals surface area contributed by atoms with Crippen molar-refractivity contribution in [2.75, 3.05) is 24.0 Å². The predicted octanol–water partition coefficient (Wildman–Crippen LogP) is 2.06. The summed E-state index contributed by atoms with van der Waals surface area (Å²) in [5.41, 5.74) is 0. The Kier molecular flexibility index (Phi) is 5.27. The van der Waals surface area contributed by atoms with Crippen molar-refractivity contribution in [2.45, 2.75) is 25.9 Å². The molecule has 17 heavy (non-hydrogen) atoms. The molecule has 1 aromatic heterocycles. The fraction of sp³-hybridized carbons (Fsp3) is 0.667. The van der Waals surface area contributed by atoms with Gasteiger partial charge in [-0.15, -0.1) is 0 Å². The largest absolute Gasteiger partial charge is 0.352 e. The van der Waals surface area contributed by atoms with Crippen LogP contribution in [0.2, 0.25) is 5.28 Å². The molecule has 0 atom stereocenters. The fourth-order valence-corrected chi connectivity index (χ4v) is 1.20. The van der Waals surface area contributed by atoms with Crippen molar-refractivity contribution in [3.8, 4) is 0 Å². The molecule has 0 aliphatic carbocycles. The number of anilines is 2. The van der Waals surface area contributed by atoms with Crippen molar-refractivity contribution < 1.29 is 8.78 Å². The maximum atomic E-state index is 12.3. The van der Waals surface area contributed by atoms with Gasteiger partial charge in [0.1, 0.15) is 13.3 Å². The smallest absolute Gasteiger partial charge is 0.229 e. The maximum absolute atomic E-state index is 12.3. The topological polar surface area (TPSA) is 62.7 Å². The first-order chi connectivity index (χ1) is 8.05. The zero-order valence-electron chi connectivity index (χ0n) is 9.54. The van der Waals surface area contributed by atoms with Gasteiger partial charge in [0.15, 0.2) is 0 Å². The number of aromatic nitrogens is 3. The van der Waals surface area contributed by atoms with Crippen LogP contribution in [0.5, 0.6) is 0 Å². The average Bonchev–Trinajstić information content (AvgIpc) is 2.24. The normalized spacial score (nSPS) is 11.0. The minimum atomic E-state index is -0.972. The predicted molar refractivity (Wildman–Crippen MR) is 63.0 cm³/mol. The van der Waals surface area contributed by atoms with Crippen LogP contribution >= 0.6 is 11.6 Å². The molecule has 1 aromatic rings. The van der Waals surface area contributed by atoms with Gasteiger partial charge in [-0.1, -0.05) is 0 Å². The van der Waals surface area contributed by atoms with Crippen molar-refractivity contribution in [2.24, 2.45) is 0 Å². The number of alkyl halides is 2. The molecular formula is C9H14ClF2N5. The Morgan fingerprint density at radius 1 is 1.06 bits per heavy atom. The van der Waals surface area contributed by atoms with Gasteiger partial charge < -0.3 is 10.6 Å². The third-order valence-electron chi connectivity index (χ3n) is 1.73. The lowest BCUT2D eigenvalue weighted by atomic mass is 10.4. The van der Waals surface area contributed by atoms with Crippen molar-refractivity contribution >= 4 is 23.5 Å². The highest BCUT2D eigenvalue weighted by Crippen LogP contribution is 2.11. The van der Waals surface area contributed by atoms with Crippen LogP contribution in [0.1, 0.15) is 13.8 Å². The molecule has 0 radical (unpaired) electrons. The standard InChI is InChI=1S/C9H14ClF2N5/c1-5(2)13-8-15-7(10)16-9(17-8)14-6(3-11)4-12/h5-6H,3-4H2,1-2H3,(H2,13,14,15,16,17). The van der Waals surface area contributed by atoms with Gasteiger partial charge in [-0.2, -0.15) is 15.0 Å². The third-order valence-corrected chi connectivity index (χ3v) is 1.90. The summed E-state index contributed by atoms with van der Waals surface area (Å²) in [4.78, 5) is 11.5. The molecule has 2 N–H and O–H groups in total. The minimum Gasteiger partial charge on any atom is -0.352 e. The van der Waals surface area contributed by atoms with Gasteiger partial charge in [0, 0.05) is 6.04 Å². The molecule has 1 rings (SSSR count). The summed E-state index contributed by atoms with van der Waals surface area (Å²) in [5.74, 6) is 0.312. The molecule has 0 bridgehead atoms. The van der Waals surface area contributed by atoms with Crippen LogP contribution in [-0.2, 0) is 0 Å². The molecule has 0 aliphatic rings. The van der Waals surface area contributed by atoms with E-state index in [2.05, 4.69) is 25.6 Å². The highest BCUT2D eigenvalue weighted by Gasteiger charge is 2.11. The van der Waals surface area contributed by atoms with E-state index in [1.54, 1.807) is 0 Å². The van der Waals surface area contributed by atoms with E-state index in [0.29, 0.717) is 0 Å². The van der Waals surface area contributed by atoms with E-state index in [1.807, 2.05) is 13.8 Å². The monoisotopic (exact) mass is 265 g/mol. The molecule has 0 unspecified atom stereocenters. The van der Waals surface area contributed by atoms with Crippen molar-refractivity contribution in [3.05, 3.63) is 5.28 Å². The van der Waals surface area contributed by atoms with Gasteiger partial charge in [0.25, 0.3) is 0 Å². The second-order valence-corrected chi connectivity index (χ2v) is 4.04. The fourth-order valence-electron chi connectivity index (χ4n) is 1.04. The summed E-state index contributed by atoms with van der Waals surface area (Å²) in [6.45, 7) is 2.09.